The van der Waals surface area contributed by atoms with Crippen LogP contribution in [-0.2, 0) is 14.4 Å². The van der Waals surface area contributed by atoms with Gasteiger partial charge in [0, 0.05) is 23.7 Å². The van der Waals surface area contributed by atoms with E-state index in [-0.39, 0.29) is 30.1 Å². The van der Waals surface area contributed by atoms with Gasteiger partial charge in [-0.25, -0.2) is 4.39 Å². The molecule has 0 aromatic heterocycles. The van der Waals surface area contributed by atoms with Gasteiger partial charge < -0.3 is 15.5 Å². The second kappa shape index (κ2) is 8.47. The lowest BCUT2D eigenvalue weighted by molar-refractivity contribution is -0.136. The first kappa shape index (κ1) is 20.4. The summed E-state index contributed by atoms with van der Waals surface area (Å²) in [7, 11) is 0. The molecule has 6 nitrogen and oxygen atoms in total. The van der Waals surface area contributed by atoms with Gasteiger partial charge in [-0.05, 0) is 49.6 Å². The number of nitrogens with one attached hydrogen (secondary N) is 2. The fourth-order valence-electron chi connectivity index (χ4n) is 3.69. The van der Waals surface area contributed by atoms with Gasteiger partial charge in [-0.15, -0.1) is 11.8 Å². The zero-order valence-corrected chi connectivity index (χ0v) is 17.3. The Balaban J connectivity index is 1.42. The number of thioether (sulfide) groups is 1. The molecule has 8 heteroatoms. The van der Waals surface area contributed by atoms with Crippen LogP contribution in [0.2, 0.25) is 0 Å². The van der Waals surface area contributed by atoms with E-state index in [0.29, 0.717) is 36.3 Å². The summed E-state index contributed by atoms with van der Waals surface area (Å²) in [6.07, 6.45) is 1.30. The zero-order chi connectivity index (χ0) is 21.3. The average Bonchev–Trinajstić information content (AvgIpc) is 2.75. The molecular weight excluding hydrogens is 405 g/mol. The number of anilines is 2. The Morgan fingerprint density at radius 2 is 2.03 bits per heavy atom. The molecule has 2 aromatic rings. The molecule has 0 aliphatic carbocycles. The summed E-state index contributed by atoms with van der Waals surface area (Å²) in [6, 6.07) is 11.9. The van der Waals surface area contributed by atoms with Crippen molar-refractivity contribution in [2.75, 3.05) is 23.7 Å². The van der Waals surface area contributed by atoms with Gasteiger partial charge in [0.05, 0.1) is 11.6 Å². The predicted molar refractivity (Wildman–Crippen MR) is 114 cm³/mol. The summed E-state index contributed by atoms with van der Waals surface area (Å²) in [4.78, 5) is 40.6. The van der Waals surface area contributed by atoms with Crippen LogP contribution in [0.4, 0.5) is 15.8 Å². The fraction of sp³-hybridized carbons (Fsp3) is 0.318. The Labute approximate surface area is 178 Å². The average molecular weight is 428 g/mol. The number of para-hydroxylation sites is 1. The Bertz CT molecular complexity index is 1010. The van der Waals surface area contributed by atoms with Crippen molar-refractivity contribution in [1.29, 1.82) is 0 Å². The van der Waals surface area contributed by atoms with Crippen molar-refractivity contribution < 1.29 is 18.8 Å². The normalized spacial score (nSPS) is 20.9. The lowest BCUT2D eigenvalue weighted by Gasteiger charge is -2.35. The van der Waals surface area contributed by atoms with Crippen LogP contribution in [0.15, 0.2) is 47.4 Å². The third-order valence-corrected chi connectivity index (χ3v) is 6.66. The summed E-state index contributed by atoms with van der Waals surface area (Å²) in [5, 5.41) is 4.66. The molecule has 0 spiro atoms. The highest BCUT2D eigenvalue weighted by atomic mass is 32.2. The Morgan fingerprint density at radius 1 is 1.23 bits per heavy atom. The maximum atomic E-state index is 13.7. The molecular formula is C22H22FN3O3S. The van der Waals surface area contributed by atoms with Crippen LogP contribution >= 0.6 is 11.8 Å². The SMILES string of the molecule is Cc1ccc(NC(=O)[C@H]2CCCN(C(=O)[C@H]3Sc4ccccc4NC3=O)C2)cc1F. The van der Waals surface area contributed by atoms with Crippen LogP contribution in [0.1, 0.15) is 18.4 Å². The topological polar surface area (TPSA) is 78.5 Å². The van der Waals surface area contributed by atoms with Crippen LogP contribution in [0.5, 0.6) is 0 Å². The van der Waals surface area contributed by atoms with E-state index < -0.39 is 11.2 Å². The molecule has 2 atom stereocenters. The molecule has 2 aliphatic heterocycles. The van der Waals surface area contributed by atoms with Crippen molar-refractivity contribution in [3.8, 4) is 0 Å². The molecule has 3 amide bonds. The number of carbonyl (C=O) groups is 3. The summed E-state index contributed by atoms with van der Waals surface area (Å²) < 4.78 is 13.7. The van der Waals surface area contributed by atoms with Crippen molar-refractivity contribution in [2.45, 2.75) is 29.9 Å². The minimum atomic E-state index is -0.868. The molecule has 2 aliphatic rings. The second-order valence-electron chi connectivity index (χ2n) is 7.56. The van der Waals surface area contributed by atoms with Crippen LogP contribution < -0.4 is 10.6 Å². The number of halogens is 1. The van der Waals surface area contributed by atoms with Crippen LogP contribution in [-0.4, -0.2) is 41.0 Å². The Morgan fingerprint density at radius 3 is 2.83 bits per heavy atom. The molecule has 0 unspecified atom stereocenters. The largest absolute Gasteiger partial charge is 0.340 e. The van der Waals surface area contributed by atoms with Gasteiger partial charge in [0.1, 0.15) is 5.82 Å². The van der Waals surface area contributed by atoms with Crippen molar-refractivity contribution in [2.24, 2.45) is 5.92 Å². The number of hydrogen-bond donors (Lipinski definition) is 2. The van der Waals surface area contributed by atoms with E-state index in [4.69, 9.17) is 0 Å². The summed E-state index contributed by atoms with van der Waals surface area (Å²) in [6.45, 7) is 2.40. The smallest absolute Gasteiger partial charge is 0.247 e. The lowest BCUT2D eigenvalue weighted by atomic mass is 9.96. The first-order valence-corrected chi connectivity index (χ1v) is 10.7. The van der Waals surface area contributed by atoms with E-state index in [2.05, 4.69) is 10.6 Å². The van der Waals surface area contributed by atoms with Crippen LogP contribution in [0.25, 0.3) is 0 Å². The predicted octanol–water partition coefficient (Wildman–Crippen LogP) is 3.42. The number of benzene rings is 2. The van der Waals surface area contributed by atoms with Crippen molar-refractivity contribution in [3.05, 3.63) is 53.8 Å². The number of hydrogen-bond acceptors (Lipinski definition) is 4. The third-order valence-electron chi connectivity index (χ3n) is 5.40. The van der Waals surface area contributed by atoms with Gasteiger partial charge in [0.2, 0.25) is 17.7 Å². The number of carbonyl (C=O) groups excluding carboxylic acids is 3. The number of likely N-dealkylation sites (tertiary alicyclic amines) is 1. The summed E-state index contributed by atoms with van der Waals surface area (Å²) in [5.74, 6) is -1.66. The molecule has 4 rings (SSSR count). The molecule has 1 fully saturated rings. The maximum Gasteiger partial charge on any atom is 0.247 e. The lowest BCUT2D eigenvalue weighted by Crippen LogP contribution is -2.50. The Kier molecular flexibility index (Phi) is 5.76. The van der Waals surface area contributed by atoms with E-state index in [0.717, 1.165) is 4.90 Å². The van der Waals surface area contributed by atoms with E-state index in [1.807, 2.05) is 18.2 Å². The van der Waals surface area contributed by atoms with Crippen LogP contribution in [0, 0.1) is 18.7 Å². The van der Waals surface area contributed by atoms with Gasteiger partial charge in [-0.1, -0.05) is 18.2 Å². The molecule has 1 saturated heterocycles. The number of aryl methyl sites for hydroxylation is 1. The molecule has 30 heavy (non-hydrogen) atoms. The van der Waals surface area contributed by atoms with Crippen LogP contribution in [0.3, 0.4) is 0 Å². The first-order valence-electron chi connectivity index (χ1n) is 9.85. The standard InChI is InChI=1S/C22H22FN3O3S/c1-13-8-9-15(11-16(13)23)24-20(27)14-5-4-10-26(12-14)22(29)19-21(28)25-17-6-2-3-7-18(17)30-19/h2-3,6-9,11,14,19H,4-5,10,12H2,1H3,(H,24,27)(H,25,28)/t14-,19-/m0/s1. The van der Waals surface area contributed by atoms with E-state index in [1.54, 1.807) is 30.0 Å². The number of nitrogens with zero attached hydrogens (tertiary/aromatic N) is 1. The molecule has 2 aromatic carbocycles. The quantitative estimate of drug-likeness (QED) is 0.736. The van der Waals surface area contributed by atoms with Gasteiger partial charge in [-0.2, -0.15) is 0 Å². The zero-order valence-electron chi connectivity index (χ0n) is 16.5. The fourth-order valence-corrected chi connectivity index (χ4v) is 4.76. The first-order chi connectivity index (χ1) is 14.4. The van der Waals surface area contributed by atoms with Gasteiger partial charge >= 0.3 is 0 Å². The maximum absolute atomic E-state index is 13.7. The van der Waals surface area contributed by atoms with E-state index >= 15 is 0 Å². The Hall–Kier alpha value is -2.87. The second-order valence-corrected chi connectivity index (χ2v) is 8.71. The van der Waals surface area contributed by atoms with Gasteiger partial charge in [0.15, 0.2) is 5.25 Å². The minimum absolute atomic E-state index is 0.241. The number of amides is 3. The van der Waals surface area contributed by atoms with Gasteiger partial charge in [-0.3, -0.25) is 14.4 Å². The summed E-state index contributed by atoms with van der Waals surface area (Å²) >= 11 is 1.24. The molecule has 2 heterocycles. The molecule has 0 radical (unpaired) electrons. The highest BCUT2D eigenvalue weighted by Gasteiger charge is 2.38. The number of rotatable bonds is 3. The number of fused-ring (bicyclic) bond motifs is 1. The highest BCUT2D eigenvalue weighted by molar-refractivity contribution is 8.01. The van der Waals surface area contributed by atoms with Crippen molar-refractivity contribution in [3.63, 3.8) is 0 Å². The van der Waals surface area contributed by atoms with Crippen molar-refractivity contribution >= 4 is 40.9 Å². The van der Waals surface area contributed by atoms with Crippen molar-refractivity contribution in [1.82, 2.24) is 4.90 Å². The van der Waals surface area contributed by atoms with Gasteiger partial charge in [0.25, 0.3) is 0 Å². The van der Waals surface area contributed by atoms with E-state index in [1.165, 1.54) is 17.8 Å². The third kappa shape index (κ3) is 4.18. The van der Waals surface area contributed by atoms with E-state index in [9.17, 15) is 18.8 Å². The molecule has 0 bridgehead atoms. The molecule has 0 saturated carbocycles. The monoisotopic (exact) mass is 427 g/mol. The minimum Gasteiger partial charge on any atom is -0.340 e. The highest BCUT2D eigenvalue weighted by Crippen LogP contribution is 2.36. The molecule has 156 valence electrons. The molecule has 2 N–H and O–H groups in total. The number of piperidine rings is 1. The summed E-state index contributed by atoms with van der Waals surface area (Å²) in [5.41, 5.74) is 1.61.